The zero-order valence-electron chi connectivity index (χ0n) is 15.5. The molecule has 0 bridgehead atoms. The largest absolute Gasteiger partial charge is 0.486 e. The van der Waals surface area contributed by atoms with Gasteiger partial charge in [-0.2, -0.15) is 0 Å². The van der Waals surface area contributed by atoms with Crippen LogP contribution in [0.25, 0.3) is 0 Å². The highest BCUT2D eigenvalue weighted by Gasteiger charge is 2.28. The zero-order valence-corrected chi connectivity index (χ0v) is 15.5. The van der Waals surface area contributed by atoms with Crippen LogP contribution in [0.5, 0.6) is 5.75 Å². The van der Waals surface area contributed by atoms with Crippen molar-refractivity contribution in [2.75, 3.05) is 18.5 Å². The van der Waals surface area contributed by atoms with Crippen LogP contribution >= 0.6 is 0 Å². The number of morpholine rings is 1. The smallest absolute Gasteiger partial charge is 0.244 e. The lowest BCUT2D eigenvalue weighted by atomic mass is 10.1. The van der Waals surface area contributed by atoms with Crippen molar-refractivity contribution in [3.05, 3.63) is 59.7 Å². The Hall–Kier alpha value is -2.37. The molecule has 1 aliphatic heterocycles. The van der Waals surface area contributed by atoms with Crippen LogP contribution < -0.4 is 15.4 Å². The van der Waals surface area contributed by atoms with Crippen LogP contribution in [0.4, 0.5) is 5.69 Å². The molecular formula is C21H26N2O3. The van der Waals surface area contributed by atoms with Gasteiger partial charge in [0.15, 0.2) is 0 Å². The normalized spacial score (nSPS) is 21.0. The summed E-state index contributed by atoms with van der Waals surface area (Å²) in [4.78, 5) is 12.5. The van der Waals surface area contributed by atoms with Gasteiger partial charge in [-0.3, -0.25) is 4.79 Å². The van der Waals surface area contributed by atoms with E-state index in [-0.39, 0.29) is 24.2 Å². The summed E-state index contributed by atoms with van der Waals surface area (Å²) in [6.45, 7) is 7.21. The number of ether oxygens (including phenoxy) is 2. The number of anilines is 1. The van der Waals surface area contributed by atoms with Gasteiger partial charge in [-0.25, -0.2) is 0 Å². The monoisotopic (exact) mass is 354 g/mol. The van der Waals surface area contributed by atoms with Crippen molar-refractivity contribution in [2.45, 2.75) is 39.0 Å². The van der Waals surface area contributed by atoms with E-state index in [2.05, 4.69) is 10.6 Å². The van der Waals surface area contributed by atoms with Crippen LogP contribution in [0.2, 0.25) is 0 Å². The third-order valence-electron chi connectivity index (χ3n) is 4.64. The van der Waals surface area contributed by atoms with Crippen molar-refractivity contribution in [1.29, 1.82) is 0 Å². The van der Waals surface area contributed by atoms with Crippen molar-refractivity contribution >= 4 is 11.6 Å². The van der Waals surface area contributed by atoms with E-state index in [0.29, 0.717) is 13.2 Å². The molecular weight excluding hydrogens is 328 g/mol. The highest BCUT2D eigenvalue weighted by molar-refractivity contribution is 5.96. The molecule has 1 heterocycles. The fourth-order valence-electron chi connectivity index (χ4n) is 3.08. The Morgan fingerprint density at radius 2 is 2.04 bits per heavy atom. The minimum absolute atomic E-state index is 0.0412. The number of carbonyl (C=O) groups excluding carboxylic acids is 1. The SMILES string of the molecule is Cc1cc(OC(C)c2ccccc2)ccc1NC(=O)[C@H]1NCCO[C@@H]1C. The molecule has 0 saturated carbocycles. The summed E-state index contributed by atoms with van der Waals surface area (Å²) in [5.74, 6) is 0.705. The van der Waals surface area contributed by atoms with Crippen molar-refractivity contribution in [2.24, 2.45) is 0 Å². The van der Waals surface area contributed by atoms with Crippen molar-refractivity contribution < 1.29 is 14.3 Å². The van der Waals surface area contributed by atoms with Gasteiger partial charge < -0.3 is 20.1 Å². The Morgan fingerprint density at radius 3 is 2.73 bits per heavy atom. The molecule has 0 aliphatic carbocycles. The number of aryl methyl sites for hydroxylation is 1. The van der Waals surface area contributed by atoms with Crippen LogP contribution in [0.3, 0.4) is 0 Å². The van der Waals surface area contributed by atoms with Crippen molar-refractivity contribution in [3.63, 3.8) is 0 Å². The van der Waals surface area contributed by atoms with Gasteiger partial charge in [0.1, 0.15) is 17.9 Å². The van der Waals surface area contributed by atoms with Gasteiger partial charge in [0.05, 0.1) is 12.7 Å². The van der Waals surface area contributed by atoms with E-state index in [1.54, 1.807) is 0 Å². The summed E-state index contributed by atoms with van der Waals surface area (Å²) < 4.78 is 11.6. The maximum absolute atomic E-state index is 12.5. The van der Waals surface area contributed by atoms with Gasteiger partial charge in [0, 0.05) is 12.2 Å². The zero-order chi connectivity index (χ0) is 18.5. The Labute approximate surface area is 154 Å². The standard InChI is InChI=1S/C21H26N2O3/c1-14-13-18(26-15(2)17-7-5-4-6-8-17)9-10-19(14)23-21(24)20-16(3)25-12-11-22-20/h4-10,13,15-16,20,22H,11-12H2,1-3H3,(H,23,24)/t15?,16-,20+/m1/s1. The molecule has 5 heteroatoms. The summed E-state index contributed by atoms with van der Waals surface area (Å²) in [5.41, 5.74) is 2.87. The summed E-state index contributed by atoms with van der Waals surface area (Å²) in [6.07, 6.45) is -0.182. The third-order valence-corrected chi connectivity index (χ3v) is 4.64. The van der Waals surface area contributed by atoms with Crippen molar-refractivity contribution in [3.8, 4) is 5.75 Å². The topological polar surface area (TPSA) is 59.6 Å². The average Bonchev–Trinajstić information content (AvgIpc) is 2.65. The first-order chi connectivity index (χ1) is 12.5. The van der Waals surface area contributed by atoms with Gasteiger partial charge in [0.25, 0.3) is 0 Å². The van der Waals surface area contributed by atoms with Gasteiger partial charge in [-0.1, -0.05) is 30.3 Å². The van der Waals surface area contributed by atoms with E-state index in [9.17, 15) is 4.79 Å². The van der Waals surface area contributed by atoms with E-state index in [1.165, 1.54) is 0 Å². The lowest BCUT2D eigenvalue weighted by molar-refractivity contribution is -0.123. The number of hydrogen-bond donors (Lipinski definition) is 2. The van der Waals surface area contributed by atoms with Gasteiger partial charge >= 0.3 is 0 Å². The molecule has 26 heavy (non-hydrogen) atoms. The maximum atomic E-state index is 12.5. The molecule has 2 aromatic rings. The fourth-order valence-corrected chi connectivity index (χ4v) is 3.08. The third kappa shape index (κ3) is 4.42. The predicted octanol–water partition coefficient (Wildman–Crippen LogP) is 3.45. The second kappa shape index (κ2) is 8.34. The lowest BCUT2D eigenvalue weighted by Gasteiger charge is -2.29. The molecule has 3 rings (SSSR count). The molecule has 0 aromatic heterocycles. The number of hydrogen-bond acceptors (Lipinski definition) is 4. The first kappa shape index (κ1) is 18.4. The van der Waals surface area contributed by atoms with E-state index < -0.39 is 0 Å². The summed E-state index contributed by atoms with van der Waals surface area (Å²) in [7, 11) is 0. The number of rotatable bonds is 5. The Balaban J connectivity index is 1.65. The van der Waals surface area contributed by atoms with E-state index in [0.717, 1.165) is 22.6 Å². The molecule has 1 unspecified atom stereocenters. The predicted molar refractivity (Wildman–Crippen MR) is 102 cm³/mol. The summed E-state index contributed by atoms with van der Waals surface area (Å²) >= 11 is 0. The molecule has 0 radical (unpaired) electrons. The van der Waals surface area contributed by atoms with E-state index >= 15 is 0 Å². The fraction of sp³-hybridized carbons (Fsp3) is 0.381. The minimum atomic E-state index is -0.336. The summed E-state index contributed by atoms with van der Waals surface area (Å²) in [6, 6.07) is 15.5. The number of nitrogens with one attached hydrogen (secondary N) is 2. The van der Waals surface area contributed by atoms with Crippen LogP contribution in [0, 0.1) is 6.92 Å². The molecule has 2 N–H and O–H groups in total. The highest BCUT2D eigenvalue weighted by Crippen LogP contribution is 2.26. The number of amides is 1. The molecule has 1 aliphatic rings. The summed E-state index contributed by atoms with van der Waals surface area (Å²) in [5, 5.41) is 6.19. The van der Waals surface area contributed by atoms with E-state index in [1.807, 2.05) is 69.3 Å². The molecule has 0 spiro atoms. The van der Waals surface area contributed by atoms with Gasteiger partial charge in [-0.05, 0) is 50.1 Å². The molecule has 5 nitrogen and oxygen atoms in total. The molecule has 1 fully saturated rings. The highest BCUT2D eigenvalue weighted by atomic mass is 16.5. The second-order valence-electron chi connectivity index (χ2n) is 6.64. The van der Waals surface area contributed by atoms with Crippen LogP contribution in [0.1, 0.15) is 31.1 Å². The maximum Gasteiger partial charge on any atom is 0.244 e. The Bertz CT molecular complexity index is 748. The Kier molecular flexibility index (Phi) is 5.91. The first-order valence-electron chi connectivity index (χ1n) is 9.02. The molecule has 3 atom stereocenters. The molecule has 138 valence electrons. The number of carbonyl (C=O) groups is 1. The van der Waals surface area contributed by atoms with Crippen LogP contribution in [-0.4, -0.2) is 31.2 Å². The first-order valence-corrected chi connectivity index (χ1v) is 9.02. The molecule has 1 saturated heterocycles. The molecule has 2 aromatic carbocycles. The molecule has 1 amide bonds. The Morgan fingerprint density at radius 1 is 1.27 bits per heavy atom. The average molecular weight is 354 g/mol. The van der Waals surface area contributed by atoms with Crippen molar-refractivity contribution in [1.82, 2.24) is 5.32 Å². The lowest BCUT2D eigenvalue weighted by Crippen LogP contribution is -2.53. The van der Waals surface area contributed by atoms with Crippen LogP contribution in [-0.2, 0) is 9.53 Å². The van der Waals surface area contributed by atoms with Gasteiger partial charge in [0.2, 0.25) is 5.91 Å². The minimum Gasteiger partial charge on any atom is -0.486 e. The second-order valence-corrected chi connectivity index (χ2v) is 6.64. The van der Waals surface area contributed by atoms with Gasteiger partial charge in [-0.15, -0.1) is 0 Å². The number of benzene rings is 2. The van der Waals surface area contributed by atoms with Crippen LogP contribution in [0.15, 0.2) is 48.5 Å². The quantitative estimate of drug-likeness (QED) is 0.863. The van der Waals surface area contributed by atoms with E-state index in [4.69, 9.17) is 9.47 Å².